The fourth-order valence-electron chi connectivity index (χ4n) is 8.25. The number of rotatable bonds is 5. The number of nitrogens with zero attached hydrogens (tertiary/aromatic N) is 2. The van der Waals surface area contributed by atoms with E-state index < -0.39 is 5.41 Å². The Morgan fingerprint density at radius 3 is 1.78 bits per heavy atom. The molecule has 0 unspecified atom stereocenters. The zero-order valence-corrected chi connectivity index (χ0v) is 27.4. The molecule has 2 aromatic heterocycles. The number of aromatic nitrogens is 2. The normalized spacial score (nSPS) is 13.0. The number of hydrogen-bond acceptors (Lipinski definition) is 1. The fraction of sp³-hybridized carbons (Fsp3) is 0.0208. The molecule has 0 radical (unpaired) electrons. The standard InChI is InChI=1S/C48H32N2/c1-3-15-39(16-4-1)48(40-17-5-2-6-18-40)43-20-10-9-19-41(43)42-29-28-37(32-44(42)48)34-22-25-35(26-23-34)47-46(49-45-21-11-12-30-50(45)47)38-27-24-33-13-7-8-14-36(33)31-38/h1-32H. The summed E-state index contributed by atoms with van der Waals surface area (Å²) >= 11 is 0. The number of pyridine rings is 1. The Kier molecular flexibility index (Phi) is 6.43. The van der Waals surface area contributed by atoms with Gasteiger partial charge in [0.25, 0.3) is 0 Å². The number of hydrogen-bond donors (Lipinski definition) is 0. The second-order valence-electron chi connectivity index (χ2n) is 13.2. The molecule has 234 valence electrons. The second-order valence-corrected chi connectivity index (χ2v) is 13.2. The van der Waals surface area contributed by atoms with Crippen LogP contribution in [-0.2, 0) is 5.41 Å². The quantitative estimate of drug-likeness (QED) is 0.184. The van der Waals surface area contributed by atoms with Crippen LogP contribution >= 0.6 is 0 Å². The molecule has 0 amide bonds. The third-order valence-corrected chi connectivity index (χ3v) is 10.5. The molecule has 0 fully saturated rings. The molecule has 9 aromatic rings. The second kappa shape index (κ2) is 11.3. The molecule has 0 spiro atoms. The van der Waals surface area contributed by atoms with Gasteiger partial charge in [0.1, 0.15) is 5.65 Å². The van der Waals surface area contributed by atoms with E-state index >= 15 is 0 Å². The Morgan fingerprint density at radius 2 is 1.00 bits per heavy atom. The van der Waals surface area contributed by atoms with Gasteiger partial charge in [-0.1, -0.05) is 164 Å². The smallest absolute Gasteiger partial charge is 0.137 e. The third kappa shape index (κ3) is 4.25. The summed E-state index contributed by atoms with van der Waals surface area (Å²) in [5.41, 5.74) is 15.0. The molecule has 2 heterocycles. The molecule has 0 atom stereocenters. The highest BCUT2D eigenvalue weighted by Gasteiger charge is 2.46. The lowest BCUT2D eigenvalue weighted by Crippen LogP contribution is -2.28. The van der Waals surface area contributed by atoms with Gasteiger partial charge in [-0.3, -0.25) is 4.40 Å². The van der Waals surface area contributed by atoms with Gasteiger partial charge >= 0.3 is 0 Å². The van der Waals surface area contributed by atoms with Gasteiger partial charge < -0.3 is 0 Å². The molecule has 0 aliphatic heterocycles. The van der Waals surface area contributed by atoms with Crippen molar-refractivity contribution >= 4 is 16.4 Å². The summed E-state index contributed by atoms with van der Waals surface area (Å²) in [6.45, 7) is 0. The van der Waals surface area contributed by atoms with Crippen LogP contribution in [0.4, 0.5) is 0 Å². The maximum Gasteiger partial charge on any atom is 0.137 e. The van der Waals surface area contributed by atoms with Crippen molar-refractivity contribution in [2.75, 3.05) is 0 Å². The summed E-state index contributed by atoms with van der Waals surface area (Å²) in [4.78, 5) is 5.14. The zero-order chi connectivity index (χ0) is 33.1. The van der Waals surface area contributed by atoms with E-state index in [1.807, 2.05) is 0 Å². The van der Waals surface area contributed by atoms with Crippen LogP contribution in [0, 0.1) is 0 Å². The minimum Gasteiger partial charge on any atom is -0.299 e. The molecule has 50 heavy (non-hydrogen) atoms. The molecule has 7 aromatic carbocycles. The maximum absolute atomic E-state index is 5.14. The Labute approximate surface area is 291 Å². The van der Waals surface area contributed by atoms with E-state index in [9.17, 15) is 0 Å². The van der Waals surface area contributed by atoms with Crippen LogP contribution in [0.3, 0.4) is 0 Å². The van der Waals surface area contributed by atoms with E-state index in [0.29, 0.717) is 0 Å². The SMILES string of the molecule is c1ccc(C2(c3ccccc3)c3ccccc3-c3ccc(-c4ccc(-c5c(-c6ccc7ccccc7c6)nc6ccccn56)cc4)cc32)cc1. The van der Waals surface area contributed by atoms with Gasteiger partial charge in [-0.15, -0.1) is 0 Å². The highest BCUT2D eigenvalue weighted by molar-refractivity contribution is 5.92. The van der Waals surface area contributed by atoms with Gasteiger partial charge in [0.05, 0.1) is 16.8 Å². The van der Waals surface area contributed by atoms with Crippen LogP contribution in [-0.4, -0.2) is 9.38 Å². The number of imidazole rings is 1. The summed E-state index contributed by atoms with van der Waals surface area (Å²) in [5, 5.41) is 2.44. The van der Waals surface area contributed by atoms with E-state index in [1.54, 1.807) is 0 Å². The molecule has 2 heteroatoms. The summed E-state index contributed by atoms with van der Waals surface area (Å²) in [6, 6.07) is 68.3. The first kappa shape index (κ1) is 28.5. The molecule has 0 bridgehead atoms. The molecule has 1 aliphatic carbocycles. The Bertz CT molecular complexity index is 2650. The van der Waals surface area contributed by atoms with Crippen molar-refractivity contribution in [3.8, 4) is 44.8 Å². The predicted molar refractivity (Wildman–Crippen MR) is 206 cm³/mol. The van der Waals surface area contributed by atoms with Crippen LogP contribution < -0.4 is 0 Å². The van der Waals surface area contributed by atoms with Crippen molar-refractivity contribution in [2.24, 2.45) is 0 Å². The Morgan fingerprint density at radius 1 is 0.400 bits per heavy atom. The summed E-state index contributed by atoms with van der Waals surface area (Å²) < 4.78 is 2.21. The van der Waals surface area contributed by atoms with E-state index in [0.717, 1.165) is 28.2 Å². The first-order chi connectivity index (χ1) is 24.8. The number of fused-ring (bicyclic) bond motifs is 5. The van der Waals surface area contributed by atoms with E-state index in [-0.39, 0.29) is 0 Å². The largest absolute Gasteiger partial charge is 0.299 e. The fourth-order valence-corrected chi connectivity index (χ4v) is 8.25. The minimum atomic E-state index is -0.421. The minimum absolute atomic E-state index is 0.421. The van der Waals surface area contributed by atoms with Gasteiger partial charge in [0.15, 0.2) is 0 Å². The molecule has 0 saturated carbocycles. The van der Waals surface area contributed by atoms with Gasteiger partial charge in [-0.25, -0.2) is 4.98 Å². The van der Waals surface area contributed by atoms with Gasteiger partial charge in [-0.2, -0.15) is 0 Å². The van der Waals surface area contributed by atoms with Crippen LogP contribution in [0.1, 0.15) is 22.3 Å². The van der Waals surface area contributed by atoms with Crippen LogP contribution in [0.25, 0.3) is 61.2 Å². The average molecular weight is 637 g/mol. The van der Waals surface area contributed by atoms with Crippen molar-refractivity contribution in [3.05, 3.63) is 217 Å². The lowest BCUT2D eigenvalue weighted by atomic mass is 9.67. The average Bonchev–Trinajstić information content (AvgIpc) is 3.73. The van der Waals surface area contributed by atoms with Crippen molar-refractivity contribution in [2.45, 2.75) is 5.41 Å². The van der Waals surface area contributed by atoms with Gasteiger partial charge in [-0.05, 0) is 79.5 Å². The topological polar surface area (TPSA) is 17.3 Å². The highest BCUT2D eigenvalue weighted by atomic mass is 15.0. The van der Waals surface area contributed by atoms with Gasteiger partial charge in [0.2, 0.25) is 0 Å². The molecule has 1 aliphatic rings. The first-order valence-corrected chi connectivity index (χ1v) is 17.2. The van der Waals surface area contributed by atoms with E-state index in [4.69, 9.17) is 4.98 Å². The first-order valence-electron chi connectivity index (χ1n) is 17.2. The lowest BCUT2D eigenvalue weighted by molar-refractivity contribution is 0.769. The van der Waals surface area contributed by atoms with Crippen molar-refractivity contribution in [1.82, 2.24) is 9.38 Å². The molecular weight excluding hydrogens is 605 g/mol. The van der Waals surface area contributed by atoms with Crippen LogP contribution in [0.15, 0.2) is 194 Å². The highest BCUT2D eigenvalue weighted by Crippen LogP contribution is 2.56. The molecule has 10 rings (SSSR count). The molecule has 0 N–H and O–H groups in total. The van der Waals surface area contributed by atoms with Gasteiger partial charge in [0, 0.05) is 17.3 Å². The summed E-state index contributed by atoms with van der Waals surface area (Å²) in [5.74, 6) is 0. The molecular formula is C48H32N2. The van der Waals surface area contributed by atoms with Crippen molar-refractivity contribution in [3.63, 3.8) is 0 Å². The Balaban J connectivity index is 1.12. The third-order valence-electron chi connectivity index (χ3n) is 10.5. The monoisotopic (exact) mass is 636 g/mol. The van der Waals surface area contributed by atoms with Crippen molar-refractivity contribution in [1.29, 1.82) is 0 Å². The summed E-state index contributed by atoms with van der Waals surface area (Å²) in [6.07, 6.45) is 2.11. The van der Waals surface area contributed by atoms with E-state index in [1.165, 1.54) is 55.3 Å². The van der Waals surface area contributed by atoms with Crippen LogP contribution in [0.2, 0.25) is 0 Å². The maximum atomic E-state index is 5.14. The van der Waals surface area contributed by atoms with Crippen molar-refractivity contribution < 1.29 is 0 Å². The van der Waals surface area contributed by atoms with Crippen LogP contribution in [0.5, 0.6) is 0 Å². The molecule has 0 saturated heterocycles. The van der Waals surface area contributed by atoms with E-state index in [2.05, 4.69) is 199 Å². The molecule has 2 nitrogen and oxygen atoms in total. The predicted octanol–water partition coefficient (Wildman–Crippen LogP) is 11.9. The number of benzene rings is 7. The zero-order valence-electron chi connectivity index (χ0n) is 27.4. The summed E-state index contributed by atoms with van der Waals surface area (Å²) in [7, 11) is 0. The lowest BCUT2D eigenvalue weighted by Gasteiger charge is -2.34. The Hall–Kier alpha value is -6.51.